The molecular formula is C21H20FN4O5+. The number of H-pyrrole nitrogens is 1. The molecule has 1 unspecified atom stereocenters. The average molecular weight is 427 g/mol. The summed E-state index contributed by atoms with van der Waals surface area (Å²) in [6.45, 7) is 0.495. The van der Waals surface area contributed by atoms with Gasteiger partial charge in [-0.1, -0.05) is 18.2 Å². The summed E-state index contributed by atoms with van der Waals surface area (Å²) in [6, 6.07) is 14.4. The molecule has 1 aliphatic heterocycles. The average Bonchev–Trinajstić information content (AvgIpc) is 3.13. The molecule has 3 aromatic rings. The number of para-hydroxylation sites is 1. The van der Waals surface area contributed by atoms with Crippen molar-refractivity contribution in [3.05, 3.63) is 76.5 Å². The monoisotopic (exact) mass is 427 g/mol. The first-order valence-electron chi connectivity index (χ1n) is 9.65. The fourth-order valence-corrected chi connectivity index (χ4v) is 3.30. The molecule has 0 spiro atoms. The van der Waals surface area contributed by atoms with E-state index in [-0.39, 0.29) is 31.8 Å². The summed E-state index contributed by atoms with van der Waals surface area (Å²) < 4.78 is 24.9. The van der Waals surface area contributed by atoms with E-state index in [1.807, 2.05) is 18.2 Å². The maximum atomic E-state index is 13.0. The Labute approximate surface area is 176 Å². The number of carbonyl (C=O) groups is 2. The van der Waals surface area contributed by atoms with Crippen LogP contribution in [0.15, 0.2) is 63.9 Å². The molecule has 2 aromatic carbocycles. The first-order chi connectivity index (χ1) is 15.0. The predicted molar refractivity (Wildman–Crippen MR) is 106 cm³/mol. The molecular weight excluding hydrogens is 407 g/mol. The van der Waals surface area contributed by atoms with Crippen molar-refractivity contribution < 1.29 is 27.9 Å². The normalized spacial score (nSPS) is 16.4. The molecule has 9 nitrogen and oxygen atoms in total. The number of ether oxygens (including phenoxy) is 1. The van der Waals surface area contributed by atoms with Crippen molar-refractivity contribution in [3.8, 4) is 5.69 Å². The van der Waals surface area contributed by atoms with Gasteiger partial charge in [0, 0.05) is 24.4 Å². The smallest absolute Gasteiger partial charge is 0.366 e. The molecule has 1 atom stereocenters. The molecule has 0 radical (unpaired) electrons. The number of nitrogens with zero attached hydrogens (tertiary/aromatic N) is 2. The minimum absolute atomic E-state index is 0.000990. The van der Waals surface area contributed by atoms with Crippen molar-refractivity contribution >= 4 is 17.5 Å². The van der Waals surface area contributed by atoms with Crippen LogP contribution in [-0.2, 0) is 20.9 Å². The number of aromatic amines is 1. The Hall–Kier alpha value is -3.79. The second-order valence-corrected chi connectivity index (χ2v) is 6.98. The SMILES string of the molecule is O=C(CC1OCCN(Cc2c(=O)o[nH][n+]2-c2ccccc2)C1=O)Nc1ccc(F)cc1. The van der Waals surface area contributed by atoms with Crippen molar-refractivity contribution in [1.82, 2.24) is 10.2 Å². The second kappa shape index (κ2) is 8.92. The molecule has 2 heterocycles. The van der Waals surface area contributed by atoms with Crippen molar-refractivity contribution in [2.45, 2.75) is 19.1 Å². The van der Waals surface area contributed by atoms with Crippen LogP contribution in [0.5, 0.6) is 0 Å². The van der Waals surface area contributed by atoms with E-state index >= 15 is 0 Å². The van der Waals surface area contributed by atoms with Crippen LogP contribution < -0.4 is 15.6 Å². The Morgan fingerprint density at radius 1 is 1.16 bits per heavy atom. The van der Waals surface area contributed by atoms with Crippen LogP contribution in [0.4, 0.5) is 10.1 Å². The van der Waals surface area contributed by atoms with Gasteiger partial charge in [-0.2, -0.15) is 0 Å². The molecule has 2 N–H and O–H groups in total. The van der Waals surface area contributed by atoms with Gasteiger partial charge in [0.05, 0.1) is 13.0 Å². The summed E-state index contributed by atoms with van der Waals surface area (Å²) in [5, 5.41) is 5.15. The third-order valence-corrected chi connectivity index (χ3v) is 4.86. The highest BCUT2D eigenvalue weighted by Crippen LogP contribution is 2.15. The molecule has 0 saturated carbocycles. The van der Waals surface area contributed by atoms with Gasteiger partial charge in [-0.3, -0.25) is 14.1 Å². The van der Waals surface area contributed by atoms with Crippen molar-refractivity contribution in [2.24, 2.45) is 0 Å². The van der Waals surface area contributed by atoms with Crippen LogP contribution in [0.2, 0.25) is 0 Å². The van der Waals surface area contributed by atoms with Crippen molar-refractivity contribution in [3.63, 3.8) is 0 Å². The summed E-state index contributed by atoms with van der Waals surface area (Å²) in [7, 11) is 0. The molecule has 2 amide bonds. The van der Waals surface area contributed by atoms with E-state index < -0.39 is 29.4 Å². The van der Waals surface area contributed by atoms with Crippen LogP contribution in [0, 0.1) is 5.82 Å². The lowest BCUT2D eigenvalue weighted by molar-refractivity contribution is -0.678. The molecule has 4 rings (SSSR count). The Kier molecular flexibility index (Phi) is 5.89. The van der Waals surface area contributed by atoms with Gasteiger partial charge in [0.25, 0.3) is 5.91 Å². The topological polar surface area (TPSA) is 109 Å². The third kappa shape index (κ3) is 4.69. The number of hydrogen-bond acceptors (Lipinski definition) is 5. The number of anilines is 1. The standard InChI is InChI=1S/C21H19FN4O5/c22-14-6-8-15(9-7-14)23-19(27)12-18-20(28)25(10-11-30-18)13-17-21(29)31-24-26(17)16-4-2-1-3-5-16/h1-9,18H,10-13H2,(H-,23,24,27,29)/p+1. The highest BCUT2D eigenvalue weighted by Gasteiger charge is 2.35. The lowest BCUT2D eigenvalue weighted by Crippen LogP contribution is -2.51. The van der Waals surface area contributed by atoms with Crippen molar-refractivity contribution in [1.29, 1.82) is 0 Å². The Balaban J connectivity index is 1.44. The van der Waals surface area contributed by atoms with Crippen LogP contribution in [0.25, 0.3) is 5.69 Å². The minimum atomic E-state index is -0.981. The first-order valence-corrected chi connectivity index (χ1v) is 9.65. The third-order valence-electron chi connectivity index (χ3n) is 4.86. The largest absolute Gasteiger partial charge is 0.432 e. The van der Waals surface area contributed by atoms with Gasteiger partial charge in [-0.25, -0.2) is 9.18 Å². The lowest BCUT2D eigenvalue weighted by Gasteiger charge is -2.30. The Morgan fingerprint density at radius 2 is 1.90 bits per heavy atom. The number of nitrogens with one attached hydrogen (secondary N) is 2. The molecule has 1 aromatic heterocycles. The van der Waals surface area contributed by atoms with Crippen LogP contribution >= 0.6 is 0 Å². The second-order valence-electron chi connectivity index (χ2n) is 6.98. The van der Waals surface area contributed by atoms with E-state index in [2.05, 4.69) is 10.6 Å². The summed E-state index contributed by atoms with van der Waals surface area (Å²) in [4.78, 5) is 38.8. The van der Waals surface area contributed by atoms with Crippen molar-refractivity contribution in [2.75, 3.05) is 18.5 Å². The number of halogens is 1. The van der Waals surface area contributed by atoms with Crippen LogP contribution in [0.3, 0.4) is 0 Å². The first kappa shape index (κ1) is 20.5. The molecule has 0 bridgehead atoms. The van der Waals surface area contributed by atoms with E-state index in [0.717, 1.165) is 0 Å². The van der Waals surface area contributed by atoms with Crippen LogP contribution in [0.1, 0.15) is 12.1 Å². The molecule has 1 aliphatic rings. The summed E-state index contributed by atoms with van der Waals surface area (Å²) >= 11 is 0. The highest BCUT2D eigenvalue weighted by molar-refractivity contribution is 5.95. The number of carbonyl (C=O) groups excluding carboxylic acids is 2. The number of morpholine rings is 1. The Morgan fingerprint density at radius 3 is 2.65 bits per heavy atom. The van der Waals surface area contributed by atoms with Gasteiger partial charge in [0.1, 0.15) is 18.5 Å². The predicted octanol–water partition coefficient (Wildman–Crippen LogP) is 1.14. The van der Waals surface area contributed by atoms with Gasteiger partial charge in [0.2, 0.25) is 11.6 Å². The van der Waals surface area contributed by atoms with E-state index in [4.69, 9.17) is 9.26 Å². The van der Waals surface area contributed by atoms with E-state index in [1.54, 1.807) is 12.1 Å². The van der Waals surface area contributed by atoms with E-state index in [9.17, 15) is 18.8 Å². The van der Waals surface area contributed by atoms with Gasteiger partial charge >= 0.3 is 11.3 Å². The zero-order valence-electron chi connectivity index (χ0n) is 16.4. The number of amides is 2. The zero-order chi connectivity index (χ0) is 21.8. The van der Waals surface area contributed by atoms with E-state index in [1.165, 1.54) is 33.8 Å². The van der Waals surface area contributed by atoms with E-state index in [0.29, 0.717) is 11.4 Å². The Bertz CT molecular complexity index is 1130. The highest BCUT2D eigenvalue weighted by atomic mass is 19.1. The van der Waals surface area contributed by atoms with Gasteiger partial charge in [-0.15, -0.1) is 0 Å². The quantitative estimate of drug-likeness (QED) is 0.574. The summed E-state index contributed by atoms with van der Waals surface area (Å²) in [6.07, 6.45) is -1.18. The lowest BCUT2D eigenvalue weighted by atomic mass is 10.1. The molecule has 31 heavy (non-hydrogen) atoms. The van der Waals surface area contributed by atoms with Gasteiger partial charge in [-0.05, 0) is 34.2 Å². The molecule has 0 aliphatic carbocycles. The number of hydrogen-bond donors (Lipinski definition) is 2. The minimum Gasteiger partial charge on any atom is -0.366 e. The van der Waals surface area contributed by atoms with Gasteiger partial charge in [0.15, 0.2) is 0 Å². The zero-order valence-corrected chi connectivity index (χ0v) is 16.4. The van der Waals surface area contributed by atoms with Gasteiger partial charge < -0.3 is 15.0 Å². The summed E-state index contributed by atoms with van der Waals surface area (Å²) in [5.74, 6) is -1.26. The maximum absolute atomic E-state index is 13.0. The number of aromatic nitrogens is 2. The molecule has 1 fully saturated rings. The van der Waals surface area contributed by atoms with Crippen LogP contribution in [-0.4, -0.2) is 41.2 Å². The molecule has 1 saturated heterocycles. The number of benzene rings is 2. The molecule has 160 valence electrons. The maximum Gasteiger partial charge on any atom is 0.432 e. The summed E-state index contributed by atoms with van der Waals surface area (Å²) in [5.41, 5.74) is 0.754. The fraction of sp³-hybridized carbons (Fsp3) is 0.238. The molecule has 10 heteroatoms. The fourth-order valence-electron chi connectivity index (χ4n) is 3.30. The number of rotatable bonds is 6.